The number of hydrogen-bond donors (Lipinski definition) is 5. The number of fused-ring (bicyclic) bond motifs is 1. The Labute approximate surface area is 204 Å². The molecule has 1 atom stereocenters. The van der Waals surface area contributed by atoms with Gasteiger partial charge in [0.2, 0.25) is 5.91 Å². The Hall–Kier alpha value is -3.87. The van der Waals surface area contributed by atoms with Crippen LogP contribution in [-0.4, -0.2) is 40.6 Å². The van der Waals surface area contributed by atoms with Gasteiger partial charge in [-0.05, 0) is 28.7 Å². The molecule has 2 aromatic carbocycles. The zero-order valence-corrected chi connectivity index (χ0v) is 19.7. The molecule has 0 radical (unpaired) electrons. The van der Waals surface area contributed by atoms with E-state index in [-0.39, 0.29) is 18.0 Å². The molecule has 0 spiro atoms. The first-order valence-electron chi connectivity index (χ1n) is 11.7. The van der Waals surface area contributed by atoms with E-state index in [2.05, 4.69) is 34.6 Å². The van der Waals surface area contributed by atoms with E-state index in [4.69, 9.17) is 0 Å². The summed E-state index contributed by atoms with van der Waals surface area (Å²) in [6, 6.07) is 16.8. The van der Waals surface area contributed by atoms with Crippen molar-refractivity contribution < 1.29 is 14.7 Å². The van der Waals surface area contributed by atoms with E-state index in [1.54, 1.807) is 11.2 Å². The van der Waals surface area contributed by atoms with Crippen LogP contribution in [0.25, 0.3) is 0 Å². The quantitative estimate of drug-likeness (QED) is 0.368. The summed E-state index contributed by atoms with van der Waals surface area (Å²) in [5, 5.41) is 27.5. The maximum absolute atomic E-state index is 12.6. The van der Waals surface area contributed by atoms with Gasteiger partial charge in [-0.2, -0.15) is 5.26 Å². The van der Waals surface area contributed by atoms with Crippen LogP contribution in [0.2, 0.25) is 0 Å². The summed E-state index contributed by atoms with van der Waals surface area (Å²) in [5.74, 6) is -0.640. The van der Waals surface area contributed by atoms with E-state index in [0.29, 0.717) is 25.9 Å². The fraction of sp³-hybridized carbons (Fsp3) is 0.346. The van der Waals surface area contributed by atoms with Crippen molar-refractivity contribution in [2.45, 2.75) is 44.2 Å². The lowest BCUT2D eigenvalue weighted by Crippen LogP contribution is -2.43. The molecule has 4 rings (SSSR count). The van der Waals surface area contributed by atoms with Crippen molar-refractivity contribution in [1.82, 2.24) is 26.6 Å². The van der Waals surface area contributed by atoms with Gasteiger partial charge in [-0.25, -0.2) is 0 Å². The summed E-state index contributed by atoms with van der Waals surface area (Å²) in [4.78, 5) is 25.0. The third-order valence-corrected chi connectivity index (χ3v) is 6.31. The van der Waals surface area contributed by atoms with Crippen LogP contribution in [0.1, 0.15) is 41.6 Å². The zero-order valence-electron chi connectivity index (χ0n) is 19.7. The number of hydrazine groups is 2. The van der Waals surface area contributed by atoms with Crippen molar-refractivity contribution in [1.29, 1.82) is 5.26 Å². The molecule has 182 valence electrons. The number of amides is 2. The molecular weight excluding hydrogens is 444 g/mol. The summed E-state index contributed by atoms with van der Waals surface area (Å²) < 4.78 is 0. The van der Waals surface area contributed by atoms with Gasteiger partial charge in [0, 0.05) is 25.6 Å². The summed E-state index contributed by atoms with van der Waals surface area (Å²) in [5.41, 5.74) is 8.89. The van der Waals surface area contributed by atoms with Crippen molar-refractivity contribution in [3.05, 3.63) is 82.7 Å². The number of rotatable bonds is 9. The molecule has 0 saturated carbocycles. The van der Waals surface area contributed by atoms with Gasteiger partial charge < -0.3 is 15.7 Å². The van der Waals surface area contributed by atoms with Crippen LogP contribution < -0.4 is 21.6 Å². The molecule has 5 N–H and O–H groups in total. The maximum Gasteiger partial charge on any atom is 0.271 e. The first-order chi connectivity index (χ1) is 16.9. The highest BCUT2D eigenvalue weighted by molar-refractivity contribution is 5.93. The average molecular weight is 475 g/mol. The molecule has 1 aliphatic carbocycles. The van der Waals surface area contributed by atoms with E-state index in [1.807, 2.05) is 48.5 Å². The largest absolute Gasteiger partial charge is 0.389 e. The van der Waals surface area contributed by atoms with E-state index in [9.17, 15) is 20.0 Å². The molecule has 0 aromatic heterocycles. The molecule has 2 aromatic rings. The van der Waals surface area contributed by atoms with Crippen LogP contribution in [0, 0.1) is 11.3 Å². The molecule has 0 bridgehead atoms. The predicted molar refractivity (Wildman–Crippen MR) is 130 cm³/mol. The molecule has 0 saturated heterocycles. The number of hydrogen-bond acceptors (Lipinski definition) is 7. The minimum Gasteiger partial charge on any atom is -0.389 e. The number of carbonyl (C=O) groups is 2. The second-order valence-corrected chi connectivity index (χ2v) is 8.98. The molecule has 9 heteroatoms. The number of carbonyl (C=O) groups excluding carboxylic acids is 2. The van der Waals surface area contributed by atoms with Gasteiger partial charge in [-0.3, -0.25) is 20.0 Å². The summed E-state index contributed by atoms with van der Waals surface area (Å²) in [6.45, 7) is 2.78. The highest BCUT2D eigenvalue weighted by atomic mass is 16.3. The van der Waals surface area contributed by atoms with Crippen LogP contribution in [0.3, 0.4) is 0 Å². The van der Waals surface area contributed by atoms with Crippen LogP contribution in [0.4, 0.5) is 0 Å². The third-order valence-electron chi connectivity index (χ3n) is 6.31. The second kappa shape index (κ2) is 10.6. The van der Waals surface area contributed by atoms with Gasteiger partial charge >= 0.3 is 0 Å². The van der Waals surface area contributed by atoms with Crippen molar-refractivity contribution >= 4 is 11.8 Å². The molecule has 0 fully saturated rings. The lowest BCUT2D eigenvalue weighted by atomic mass is 9.96. The molecular formula is C26H30N6O3. The summed E-state index contributed by atoms with van der Waals surface area (Å²) in [7, 11) is 0. The van der Waals surface area contributed by atoms with E-state index >= 15 is 0 Å². The lowest BCUT2D eigenvalue weighted by molar-refractivity contribution is -0.125. The Kier molecular flexibility index (Phi) is 7.34. The summed E-state index contributed by atoms with van der Waals surface area (Å²) >= 11 is 0. The van der Waals surface area contributed by atoms with E-state index < -0.39 is 17.6 Å². The highest BCUT2D eigenvalue weighted by Gasteiger charge is 2.36. The van der Waals surface area contributed by atoms with Crippen LogP contribution in [0.5, 0.6) is 0 Å². The SMILES string of the molecule is CCc1ccc(C(C#N)NC(=O)C2=CN(CCNC(=O)CC3(O)Cc4ccccc4C3)NN2)cc1. The smallest absolute Gasteiger partial charge is 0.271 e. The van der Waals surface area contributed by atoms with Gasteiger partial charge in [0.15, 0.2) is 0 Å². The fourth-order valence-electron chi connectivity index (χ4n) is 4.41. The van der Waals surface area contributed by atoms with Gasteiger partial charge in [-0.15, -0.1) is 5.53 Å². The topological polar surface area (TPSA) is 130 Å². The number of nitrogens with zero attached hydrogens (tertiary/aromatic N) is 2. The Bertz CT molecular complexity index is 1130. The highest BCUT2D eigenvalue weighted by Crippen LogP contribution is 2.32. The van der Waals surface area contributed by atoms with Crippen molar-refractivity contribution in [3.8, 4) is 6.07 Å². The molecule has 2 amide bonds. The Balaban J connectivity index is 1.22. The predicted octanol–water partition coefficient (Wildman–Crippen LogP) is 1.13. The lowest BCUT2D eigenvalue weighted by Gasteiger charge is -2.22. The number of nitriles is 1. The number of aryl methyl sites for hydroxylation is 1. The molecule has 9 nitrogen and oxygen atoms in total. The molecule has 1 aliphatic heterocycles. The van der Waals surface area contributed by atoms with Crippen LogP contribution in [0.15, 0.2) is 60.4 Å². The summed E-state index contributed by atoms with van der Waals surface area (Å²) in [6.07, 6.45) is 3.46. The fourth-order valence-corrected chi connectivity index (χ4v) is 4.41. The van der Waals surface area contributed by atoms with Crippen LogP contribution >= 0.6 is 0 Å². The monoisotopic (exact) mass is 474 g/mol. The number of benzene rings is 2. The molecule has 35 heavy (non-hydrogen) atoms. The maximum atomic E-state index is 12.6. The first kappa shape index (κ1) is 24.3. The zero-order chi connectivity index (χ0) is 24.8. The Morgan fingerprint density at radius 1 is 1.17 bits per heavy atom. The standard InChI is InChI=1S/C26H30N6O3/c1-2-18-7-9-19(10-8-18)22(16-27)29-25(34)23-17-32(31-30-23)12-11-28-24(33)15-26(35)13-20-5-3-4-6-21(20)14-26/h3-10,17,22,30-31,35H,2,11-15H2,1H3,(H,28,33)(H,29,34). The minimum absolute atomic E-state index is 0.0334. The van der Waals surface area contributed by atoms with Gasteiger partial charge in [-0.1, -0.05) is 55.5 Å². The second-order valence-electron chi connectivity index (χ2n) is 8.98. The van der Waals surface area contributed by atoms with Crippen molar-refractivity contribution in [2.75, 3.05) is 13.1 Å². The average Bonchev–Trinajstić information content (AvgIpc) is 3.46. The molecule has 2 aliphatic rings. The number of nitrogens with one attached hydrogen (secondary N) is 4. The third kappa shape index (κ3) is 5.98. The van der Waals surface area contributed by atoms with Gasteiger partial charge in [0.05, 0.1) is 24.6 Å². The Morgan fingerprint density at radius 3 is 2.49 bits per heavy atom. The van der Waals surface area contributed by atoms with Crippen molar-refractivity contribution in [2.24, 2.45) is 0 Å². The first-order valence-corrected chi connectivity index (χ1v) is 11.7. The van der Waals surface area contributed by atoms with Crippen LogP contribution in [-0.2, 0) is 28.9 Å². The normalized spacial score (nSPS) is 16.5. The van der Waals surface area contributed by atoms with E-state index in [1.165, 1.54) is 0 Å². The van der Waals surface area contributed by atoms with Gasteiger partial charge in [0.25, 0.3) is 5.91 Å². The number of aliphatic hydroxyl groups is 1. The van der Waals surface area contributed by atoms with Crippen molar-refractivity contribution in [3.63, 3.8) is 0 Å². The van der Waals surface area contributed by atoms with Gasteiger partial charge in [0.1, 0.15) is 11.7 Å². The minimum atomic E-state index is -1.06. The molecule has 1 heterocycles. The van der Waals surface area contributed by atoms with E-state index in [0.717, 1.165) is 28.7 Å². The molecule has 1 unspecified atom stereocenters. The Morgan fingerprint density at radius 2 is 1.86 bits per heavy atom.